The topological polar surface area (TPSA) is 68.2 Å². The van der Waals surface area contributed by atoms with Crippen molar-refractivity contribution in [2.45, 2.75) is 6.92 Å². The zero-order valence-corrected chi connectivity index (χ0v) is 16.6. The number of hydrogen-bond donors (Lipinski definition) is 2. The smallest absolute Gasteiger partial charge is 0.275 e. The number of allylic oxidation sites excluding steroid dienone is 1. The minimum absolute atomic E-state index is 0.275. The van der Waals surface area contributed by atoms with E-state index in [1.165, 1.54) is 17.0 Å². The summed E-state index contributed by atoms with van der Waals surface area (Å²) in [6.07, 6.45) is 2.99. The Morgan fingerprint density at radius 1 is 1.07 bits per heavy atom. The molecule has 1 aliphatic heterocycles. The lowest BCUT2D eigenvalue weighted by atomic mass is 10.0. The predicted octanol–water partition coefficient (Wildman–Crippen LogP) is 3.42. The van der Waals surface area contributed by atoms with Crippen LogP contribution in [0.5, 0.6) is 0 Å². The predicted molar refractivity (Wildman–Crippen MR) is 117 cm³/mol. The normalized spacial score (nSPS) is 15.0. The van der Waals surface area contributed by atoms with Gasteiger partial charge in [-0.1, -0.05) is 55.6 Å². The Kier molecular flexibility index (Phi) is 6.46. The molecule has 0 bridgehead atoms. The molecule has 3 rings (SSSR count). The molecule has 2 aromatic rings. The molecule has 0 spiro atoms. The SMILES string of the molecule is C=C(N=C/C(=C\C)C(=O)NO)N1CCN(C(=C)c2ccc3ccccc3c2)CC1. The molecule has 6 nitrogen and oxygen atoms in total. The third-order valence-electron chi connectivity index (χ3n) is 5.14. The first-order valence-electron chi connectivity index (χ1n) is 9.55. The summed E-state index contributed by atoms with van der Waals surface area (Å²) in [6.45, 7) is 13.2. The van der Waals surface area contributed by atoms with Crippen molar-refractivity contribution in [2.24, 2.45) is 4.99 Å². The highest BCUT2D eigenvalue weighted by molar-refractivity contribution is 6.11. The fourth-order valence-corrected chi connectivity index (χ4v) is 3.34. The molecule has 0 aliphatic carbocycles. The van der Waals surface area contributed by atoms with Gasteiger partial charge in [-0.25, -0.2) is 10.5 Å². The summed E-state index contributed by atoms with van der Waals surface area (Å²) >= 11 is 0. The zero-order chi connectivity index (χ0) is 20.8. The van der Waals surface area contributed by atoms with Crippen LogP contribution in [0.25, 0.3) is 16.5 Å². The van der Waals surface area contributed by atoms with Gasteiger partial charge < -0.3 is 9.80 Å². The first-order valence-corrected chi connectivity index (χ1v) is 9.55. The number of carbonyl (C=O) groups is 1. The van der Waals surface area contributed by atoms with E-state index in [0.29, 0.717) is 5.82 Å². The van der Waals surface area contributed by atoms with Crippen LogP contribution in [-0.4, -0.2) is 53.3 Å². The van der Waals surface area contributed by atoms with Gasteiger partial charge in [0.05, 0.1) is 5.57 Å². The van der Waals surface area contributed by atoms with E-state index in [-0.39, 0.29) is 5.57 Å². The summed E-state index contributed by atoms with van der Waals surface area (Å²) < 4.78 is 0. The van der Waals surface area contributed by atoms with Gasteiger partial charge in [0.25, 0.3) is 5.91 Å². The first kappa shape index (κ1) is 20.4. The molecule has 1 aliphatic rings. The fraction of sp³-hybridized carbons (Fsp3) is 0.217. The van der Waals surface area contributed by atoms with Crippen molar-refractivity contribution < 1.29 is 10.0 Å². The van der Waals surface area contributed by atoms with Gasteiger partial charge in [0.1, 0.15) is 5.82 Å². The maximum absolute atomic E-state index is 11.5. The van der Waals surface area contributed by atoms with Gasteiger partial charge in [0.2, 0.25) is 0 Å². The molecule has 29 heavy (non-hydrogen) atoms. The van der Waals surface area contributed by atoms with Gasteiger partial charge in [-0.3, -0.25) is 10.0 Å². The van der Waals surface area contributed by atoms with Crippen molar-refractivity contribution >= 4 is 28.6 Å². The molecule has 0 aromatic heterocycles. The van der Waals surface area contributed by atoms with Crippen LogP contribution in [0.2, 0.25) is 0 Å². The number of amides is 1. The molecule has 0 atom stereocenters. The zero-order valence-electron chi connectivity index (χ0n) is 16.6. The molecule has 1 amide bonds. The van der Waals surface area contributed by atoms with E-state index < -0.39 is 5.91 Å². The number of hydrogen-bond acceptors (Lipinski definition) is 5. The summed E-state index contributed by atoms with van der Waals surface area (Å²) in [5.41, 5.74) is 4.02. The second-order valence-electron chi connectivity index (χ2n) is 6.84. The van der Waals surface area contributed by atoms with Crippen molar-refractivity contribution in [3.05, 3.63) is 78.7 Å². The summed E-state index contributed by atoms with van der Waals surface area (Å²) in [5, 5.41) is 11.2. The van der Waals surface area contributed by atoms with Crippen molar-refractivity contribution in [2.75, 3.05) is 26.2 Å². The maximum atomic E-state index is 11.5. The Balaban J connectivity index is 1.60. The maximum Gasteiger partial charge on any atom is 0.275 e. The van der Waals surface area contributed by atoms with E-state index in [9.17, 15) is 4.79 Å². The molecule has 1 saturated heterocycles. The van der Waals surface area contributed by atoms with Crippen LogP contribution in [0.15, 0.2) is 78.1 Å². The van der Waals surface area contributed by atoms with Gasteiger partial charge >= 0.3 is 0 Å². The molecular weight excluding hydrogens is 364 g/mol. The molecule has 0 saturated carbocycles. The van der Waals surface area contributed by atoms with Crippen molar-refractivity contribution in [1.29, 1.82) is 0 Å². The monoisotopic (exact) mass is 390 g/mol. The second kappa shape index (κ2) is 9.21. The summed E-state index contributed by atoms with van der Waals surface area (Å²) in [4.78, 5) is 20.1. The van der Waals surface area contributed by atoms with Crippen LogP contribution in [0.1, 0.15) is 12.5 Å². The van der Waals surface area contributed by atoms with Crippen molar-refractivity contribution in [3.63, 3.8) is 0 Å². The largest absolute Gasteiger partial charge is 0.368 e. The lowest BCUT2D eigenvalue weighted by Crippen LogP contribution is -2.44. The Labute approximate surface area is 171 Å². The second-order valence-corrected chi connectivity index (χ2v) is 6.84. The van der Waals surface area contributed by atoms with Crippen LogP contribution in [0, 0.1) is 0 Å². The molecule has 1 fully saturated rings. The number of nitrogens with one attached hydrogen (secondary N) is 1. The molecular formula is C23H26N4O2. The van der Waals surface area contributed by atoms with E-state index >= 15 is 0 Å². The highest BCUT2D eigenvalue weighted by Gasteiger charge is 2.19. The van der Waals surface area contributed by atoms with Crippen molar-refractivity contribution in [3.8, 4) is 0 Å². The Bertz CT molecular complexity index is 985. The number of nitrogens with zero attached hydrogens (tertiary/aromatic N) is 3. The third kappa shape index (κ3) is 4.73. The van der Waals surface area contributed by atoms with Gasteiger partial charge in [-0.2, -0.15) is 0 Å². The average molecular weight is 390 g/mol. The quantitative estimate of drug-likeness (QED) is 0.343. The van der Waals surface area contributed by atoms with Crippen LogP contribution in [0.3, 0.4) is 0 Å². The number of benzene rings is 2. The molecule has 150 valence electrons. The molecule has 0 unspecified atom stereocenters. The number of aliphatic imine (C=N–C) groups is 1. The van der Waals surface area contributed by atoms with Crippen molar-refractivity contribution in [1.82, 2.24) is 15.3 Å². The molecule has 2 aromatic carbocycles. The van der Waals surface area contributed by atoms with Gasteiger partial charge in [0.15, 0.2) is 0 Å². The van der Waals surface area contributed by atoms with E-state index in [4.69, 9.17) is 5.21 Å². The fourth-order valence-electron chi connectivity index (χ4n) is 3.34. The number of piperazine rings is 1. The number of fused-ring (bicyclic) bond motifs is 1. The van der Waals surface area contributed by atoms with Crippen LogP contribution in [-0.2, 0) is 4.79 Å². The van der Waals surface area contributed by atoms with E-state index in [0.717, 1.165) is 37.4 Å². The summed E-state index contributed by atoms with van der Waals surface area (Å²) in [6, 6.07) is 14.7. The van der Waals surface area contributed by atoms with Crippen LogP contribution >= 0.6 is 0 Å². The lowest BCUT2D eigenvalue weighted by Gasteiger charge is -2.38. The highest BCUT2D eigenvalue weighted by atomic mass is 16.5. The number of hydroxylamine groups is 1. The minimum atomic E-state index is -0.597. The van der Waals surface area contributed by atoms with Gasteiger partial charge in [0, 0.05) is 38.1 Å². The van der Waals surface area contributed by atoms with Gasteiger partial charge in [-0.05, 0) is 29.3 Å². The highest BCUT2D eigenvalue weighted by Crippen LogP contribution is 2.24. The average Bonchev–Trinajstić information content (AvgIpc) is 2.78. The first-order chi connectivity index (χ1) is 14.0. The number of carbonyl (C=O) groups excluding carboxylic acids is 1. The summed E-state index contributed by atoms with van der Waals surface area (Å²) in [5.74, 6) is -0.00777. The number of rotatable bonds is 6. The van der Waals surface area contributed by atoms with Crippen LogP contribution in [0.4, 0.5) is 0 Å². The molecule has 1 heterocycles. The molecule has 0 radical (unpaired) electrons. The van der Waals surface area contributed by atoms with E-state index in [1.807, 2.05) is 12.1 Å². The Morgan fingerprint density at radius 2 is 1.72 bits per heavy atom. The molecule has 6 heteroatoms. The minimum Gasteiger partial charge on any atom is -0.368 e. The third-order valence-corrected chi connectivity index (χ3v) is 5.14. The standard InChI is InChI=1S/C23H26N4O2/c1-4-19(23(28)25-29)16-24-18(3)27-13-11-26(12-14-27)17(2)21-10-9-20-7-5-6-8-22(20)15-21/h4-10,15-16,29H,2-3,11-14H2,1H3,(H,25,28)/b19-4+,24-16?. The summed E-state index contributed by atoms with van der Waals surface area (Å²) in [7, 11) is 0. The molecule has 2 N–H and O–H groups in total. The van der Waals surface area contributed by atoms with E-state index in [1.54, 1.807) is 18.5 Å². The Morgan fingerprint density at radius 3 is 2.38 bits per heavy atom. The van der Waals surface area contributed by atoms with Crippen LogP contribution < -0.4 is 5.48 Å². The van der Waals surface area contributed by atoms with Gasteiger partial charge in [-0.15, -0.1) is 0 Å². The lowest BCUT2D eigenvalue weighted by molar-refractivity contribution is -0.124. The van der Waals surface area contributed by atoms with E-state index in [2.05, 4.69) is 58.3 Å². The Hall–Kier alpha value is -3.38.